The first-order valence-electron chi connectivity index (χ1n) is 12.1. The summed E-state index contributed by atoms with van der Waals surface area (Å²) in [6.45, 7) is 5.08. The second kappa shape index (κ2) is 8.69. The Kier molecular flexibility index (Phi) is 5.51. The van der Waals surface area contributed by atoms with E-state index in [1.54, 1.807) is 6.07 Å². The van der Waals surface area contributed by atoms with E-state index < -0.39 is 17.7 Å². The van der Waals surface area contributed by atoms with E-state index in [2.05, 4.69) is 21.2 Å². The molecule has 1 saturated carbocycles. The Hall–Kier alpha value is -2.94. The molecule has 178 valence electrons. The number of benzene rings is 1. The van der Waals surface area contributed by atoms with Crippen LogP contribution in [0.1, 0.15) is 48.3 Å². The van der Waals surface area contributed by atoms with Gasteiger partial charge in [0.15, 0.2) is 23.3 Å². The van der Waals surface area contributed by atoms with Crippen molar-refractivity contribution < 1.29 is 13.5 Å². The zero-order chi connectivity index (χ0) is 23.2. The number of hydrogen-bond donors (Lipinski definition) is 0. The fraction of sp³-hybridized carbons (Fsp3) is 0.520. The average Bonchev–Trinajstić information content (AvgIpc) is 3.23. The molecule has 7 nitrogen and oxygen atoms in total. The van der Waals surface area contributed by atoms with Crippen LogP contribution in [0.4, 0.5) is 14.5 Å². The number of aromatic nitrogens is 5. The maximum atomic E-state index is 14.6. The maximum Gasteiger partial charge on any atom is 0.165 e. The van der Waals surface area contributed by atoms with Gasteiger partial charge in [0.1, 0.15) is 6.10 Å². The van der Waals surface area contributed by atoms with Crippen LogP contribution in [-0.2, 0) is 17.7 Å². The van der Waals surface area contributed by atoms with Crippen molar-refractivity contribution in [2.24, 2.45) is 17.8 Å². The first-order chi connectivity index (χ1) is 16.6. The molecule has 0 spiro atoms. The smallest absolute Gasteiger partial charge is 0.165 e. The number of anilines is 1. The molecular weight excluding hydrogens is 438 g/mol. The van der Waals surface area contributed by atoms with E-state index in [4.69, 9.17) is 14.8 Å². The van der Waals surface area contributed by atoms with E-state index in [1.807, 2.05) is 17.8 Å². The molecule has 4 atom stereocenters. The molecule has 2 bridgehead atoms. The van der Waals surface area contributed by atoms with Crippen molar-refractivity contribution in [1.29, 1.82) is 0 Å². The molecule has 0 amide bonds. The van der Waals surface area contributed by atoms with Crippen molar-refractivity contribution >= 4 is 5.69 Å². The predicted molar refractivity (Wildman–Crippen MR) is 121 cm³/mol. The second-order valence-corrected chi connectivity index (χ2v) is 9.78. The van der Waals surface area contributed by atoms with Gasteiger partial charge in [0, 0.05) is 38.2 Å². The highest BCUT2D eigenvalue weighted by atomic mass is 19.2. The number of rotatable bonds is 4. The lowest BCUT2D eigenvalue weighted by Gasteiger charge is -2.39. The number of nitrogens with zero attached hydrogens (tertiary/aromatic N) is 6. The lowest BCUT2D eigenvalue weighted by Crippen LogP contribution is -2.43. The second-order valence-electron chi connectivity index (χ2n) is 9.78. The Balaban J connectivity index is 1.23. The molecule has 0 radical (unpaired) electrons. The van der Waals surface area contributed by atoms with E-state index in [0.29, 0.717) is 36.7 Å². The number of aryl methyl sites for hydroxylation is 2. The highest BCUT2D eigenvalue weighted by Crippen LogP contribution is 2.44. The summed E-state index contributed by atoms with van der Waals surface area (Å²) in [6, 6.07) is 6.30. The van der Waals surface area contributed by atoms with Gasteiger partial charge < -0.3 is 9.64 Å². The molecule has 3 aromatic rings. The summed E-state index contributed by atoms with van der Waals surface area (Å²) in [5.74, 6) is 1.26. The lowest BCUT2D eigenvalue weighted by atomic mass is 9.82. The van der Waals surface area contributed by atoms with Crippen LogP contribution in [0, 0.1) is 36.3 Å². The lowest BCUT2D eigenvalue weighted by molar-refractivity contribution is 0.0781. The Morgan fingerprint density at radius 2 is 1.97 bits per heavy atom. The largest absolute Gasteiger partial charge is 0.370 e. The average molecular weight is 467 g/mol. The molecule has 4 heterocycles. The van der Waals surface area contributed by atoms with Gasteiger partial charge in [-0.2, -0.15) is 15.3 Å². The summed E-state index contributed by atoms with van der Waals surface area (Å²) in [5.41, 5.74) is 2.26. The maximum absolute atomic E-state index is 14.6. The van der Waals surface area contributed by atoms with Gasteiger partial charge in [-0.15, -0.1) is 0 Å². The third kappa shape index (κ3) is 3.85. The minimum Gasteiger partial charge on any atom is -0.370 e. The Morgan fingerprint density at radius 1 is 1.15 bits per heavy atom. The number of piperidine rings is 1. The number of halogens is 2. The van der Waals surface area contributed by atoms with E-state index in [1.165, 1.54) is 18.9 Å². The third-order valence-corrected chi connectivity index (χ3v) is 7.62. The molecule has 2 aromatic heterocycles. The molecule has 1 unspecified atom stereocenters. The van der Waals surface area contributed by atoms with E-state index >= 15 is 0 Å². The summed E-state index contributed by atoms with van der Waals surface area (Å²) in [4.78, 5) is 7.26. The topological polar surface area (TPSA) is 69.0 Å². The quantitative estimate of drug-likeness (QED) is 0.582. The predicted octanol–water partition coefficient (Wildman–Crippen LogP) is 3.87. The molecular formula is C25H28F2N6O. The first kappa shape index (κ1) is 21.6. The fourth-order valence-corrected chi connectivity index (χ4v) is 6.01. The van der Waals surface area contributed by atoms with Crippen LogP contribution in [0.2, 0.25) is 0 Å². The van der Waals surface area contributed by atoms with Crippen molar-refractivity contribution in [2.45, 2.75) is 45.3 Å². The van der Waals surface area contributed by atoms with E-state index in [9.17, 15) is 8.78 Å². The van der Waals surface area contributed by atoms with Gasteiger partial charge in [-0.3, -0.25) is 0 Å². The first-order valence-corrected chi connectivity index (χ1v) is 12.1. The molecule has 1 aromatic carbocycles. The van der Waals surface area contributed by atoms with E-state index in [-0.39, 0.29) is 5.56 Å². The standard InChI is InChI=1S/C25H28F2N6O/c1-15-10-18(12-28-30-15)32-13-16-6-7-17(14-32)20(16)11-22-29-25-24(34-9-3-8-33(25)31-22)19-4-2-5-21(26)23(19)27/h2,4-5,10,12,16-17,20,24H,3,6-9,11,13-14H2,1H3/t16-,17+,20?,24-/m1/s1. The SMILES string of the molecule is Cc1cc(N2C[C@H]3CC[C@@H](C2)C3Cc2nc3n(n2)CCCO[C@@H]3c2cccc(F)c2F)cnn1. The van der Waals surface area contributed by atoms with Gasteiger partial charge >= 0.3 is 0 Å². The molecule has 34 heavy (non-hydrogen) atoms. The van der Waals surface area contributed by atoms with Crippen molar-refractivity contribution in [3.8, 4) is 0 Å². The highest BCUT2D eigenvalue weighted by molar-refractivity contribution is 5.45. The van der Waals surface area contributed by atoms with Gasteiger partial charge in [0.2, 0.25) is 0 Å². The van der Waals surface area contributed by atoms with Crippen molar-refractivity contribution in [1.82, 2.24) is 25.0 Å². The molecule has 9 heteroatoms. The van der Waals surface area contributed by atoms with Crippen LogP contribution in [0.25, 0.3) is 0 Å². The monoisotopic (exact) mass is 466 g/mol. The van der Waals surface area contributed by atoms with Gasteiger partial charge in [-0.1, -0.05) is 12.1 Å². The molecule has 3 aliphatic rings. The van der Waals surface area contributed by atoms with Crippen LogP contribution in [0.15, 0.2) is 30.5 Å². The zero-order valence-electron chi connectivity index (χ0n) is 19.2. The molecule has 6 rings (SSSR count). The van der Waals surface area contributed by atoms with Gasteiger partial charge in [-0.05, 0) is 56.1 Å². The molecule has 1 aliphatic carbocycles. The minimum atomic E-state index is -0.878. The minimum absolute atomic E-state index is 0.178. The highest BCUT2D eigenvalue weighted by Gasteiger charge is 2.43. The number of hydrogen-bond acceptors (Lipinski definition) is 6. The van der Waals surface area contributed by atoms with Gasteiger partial charge in [-0.25, -0.2) is 18.4 Å². The third-order valence-electron chi connectivity index (χ3n) is 7.62. The van der Waals surface area contributed by atoms with Crippen LogP contribution in [0.5, 0.6) is 0 Å². The Labute approximate surface area is 197 Å². The Morgan fingerprint density at radius 3 is 2.76 bits per heavy atom. The van der Waals surface area contributed by atoms with Crippen LogP contribution in [0.3, 0.4) is 0 Å². The molecule has 1 saturated heterocycles. The molecule has 2 fully saturated rings. The normalized spacial score (nSPS) is 26.4. The fourth-order valence-electron chi connectivity index (χ4n) is 6.01. The van der Waals surface area contributed by atoms with Crippen LogP contribution < -0.4 is 4.90 Å². The van der Waals surface area contributed by atoms with Crippen molar-refractivity contribution in [3.63, 3.8) is 0 Å². The summed E-state index contributed by atoms with van der Waals surface area (Å²) in [7, 11) is 0. The Bertz CT molecular complexity index is 1190. The van der Waals surface area contributed by atoms with Crippen molar-refractivity contribution in [2.75, 3.05) is 24.6 Å². The molecule has 0 N–H and O–H groups in total. The summed E-state index contributed by atoms with van der Waals surface area (Å²) in [5, 5.41) is 13.0. The van der Waals surface area contributed by atoms with Crippen LogP contribution in [-0.4, -0.2) is 44.7 Å². The summed E-state index contributed by atoms with van der Waals surface area (Å²) >= 11 is 0. The van der Waals surface area contributed by atoms with Crippen molar-refractivity contribution in [3.05, 3.63) is 65.0 Å². The van der Waals surface area contributed by atoms with Crippen LogP contribution >= 0.6 is 0 Å². The van der Waals surface area contributed by atoms with E-state index in [0.717, 1.165) is 49.2 Å². The molecule has 2 aliphatic heterocycles. The summed E-state index contributed by atoms with van der Waals surface area (Å²) < 4.78 is 36.3. The number of fused-ring (bicyclic) bond motifs is 3. The van der Waals surface area contributed by atoms with Gasteiger partial charge in [0.25, 0.3) is 0 Å². The van der Waals surface area contributed by atoms with Gasteiger partial charge in [0.05, 0.1) is 17.6 Å². The number of ether oxygens (including phenoxy) is 1. The zero-order valence-corrected chi connectivity index (χ0v) is 19.2. The summed E-state index contributed by atoms with van der Waals surface area (Å²) in [6.07, 6.45) is 5.07.